The van der Waals surface area contributed by atoms with Crippen molar-refractivity contribution in [2.75, 3.05) is 25.4 Å². The van der Waals surface area contributed by atoms with Crippen LogP contribution >= 0.6 is 0 Å². The van der Waals surface area contributed by atoms with Gasteiger partial charge in [0.15, 0.2) is 0 Å². The molecule has 0 bridgehead atoms. The average Bonchev–Trinajstić information content (AvgIpc) is 2.82. The molecule has 92 valence electrons. The predicted molar refractivity (Wildman–Crippen MR) is 74.9 cm³/mol. The van der Waals surface area contributed by atoms with E-state index in [4.69, 9.17) is 5.73 Å². The van der Waals surface area contributed by atoms with E-state index in [1.807, 2.05) is 6.07 Å². The molecule has 0 saturated carbocycles. The normalized spacial score (nSPS) is 17.0. The number of hydrogen-bond donors (Lipinski definition) is 1. The van der Waals surface area contributed by atoms with Crippen molar-refractivity contribution in [3.63, 3.8) is 0 Å². The van der Waals surface area contributed by atoms with Crippen molar-refractivity contribution in [1.29, 1.82) is 0 Å². The Kier molecular flexibility index (Phi) is 4.21. The Morgan fingerprint density at radius 3 is 2.76 bits per heavy atom. The number of nitrogens with two attached hydrogens (primary N) is 1. The van der Waals surface area contributed by atoms with Crippen LogP contribution in [0, 0.1) is 6.92 Å². The number of anilines is 1. The fourth-order valence-corrected chi connectivity index (χ4v) is 2.29. The van der Waals surface area contributed by atoms with Crippen molar-refractivity contribution in [2.24, 2.45) is 0 Å². The van der Waals surface area contributed by atoms with Crippen molar-refractivity contribution in [1.82, 2.24) is 4.90 Å². The zero-order valence-electron chi connectivity index (χ0n) is 10.7. The molecule has 1 heterocycles. The first kappa shape index (κ1) is 12.2. The van der Waals surface area contributed by atoms with Crippen LogP contribution in [0.2, 0.25) is 0 Å². The Bertz CT molecular complexity index is 390. The lowest BCUT2D eigenvalue weighted by atomic mass is 10.1. The molecule has 1 aliphatic heterocycles. The van der Waals surface area contributed by atoms with Crippen LogP contribution < -0.4 is 5.73 Å². The molecule has 1 aliphatic rings. The van der Waals surface area contributed by atoms with Crippen molar-refractivity contribution >= 4 is 11.8 Å². The van der Waals surface area contributed by atoms with Gasteiger partial charge in [-0.05, 0) is 56.5 Å². The highest BCUT2D eigenvalue weighted by Gasteiger charge is 2.09. The van der Waals surface area contributed by atoms with Gasteiger partial charge in [0.05, 0.1) is 0 Å². The third kappa shape index (κ3) is 3.60. The third-order valence-electron chi connectivity index (χ3n) is 3.41. The highest BCUT2D eigenvalue weighted by molar-refractivity contribution is 5.57. The maximum atomic E-state index is 5.80. The lowest BCUT2D eigenvalue weighted by Crippen LogP contribution is -2.19. The molecule has 0 spiro atoms. The monoisotopic (exact) mass is 230 g/mol. The van der Waals surface area contributed by atoms with Gasteiger partial charge in [0, 0.05) is 12.2 Å². The zero-order valence-corrected chi connectivity index (χ0v) is 10.7. The van der Waals surface area contributed by atoms with Gasteiger partial charge in [-0.1, -0.05) is 24.3 Å². The van der Waals surface area contributed by atoms with Gasteiger partial charge < -0.3 is 10.6 Å². The number of likely N-dealkylation sites (tertiary alicyclic amines) is 1. The Morgan fingerprint density at radius 2 is 2.06 bits per heavy atom. The van der Waals surface area contributed by atoms with Crippen LogP contribution in [0.25, 0.3) is 6.08 Å². The average molecular weight is 230 g/mol. The molecule has 1 aromatic carbocycles. The SMILES string of the molecule is Cc1cc(C=CCCN2CCCC2)ccc1N. The standard InChI is InChI=1S/C15H22N2/c1-13-12-14(7-8-15(13)16)6-2-3-9-17-10-4-5-11-17/h2,6-8,12H,3-5,9-11,16H2,1H3. The molecule has 0 aromatic heterocycles. The summed E-state index contributed by atoms with van der Waals surface area (Å²) in [4.78, 5) is 2.54. The highest BCUT2D eigenvalue weighted by Crippen LogP contribution is 2.14. The van der Waals surface area contributed by atoms with Gasteiger partial charge in [-0.3, -0.25) is 0 Å². The van der Waals surface area contributed by atoms with Gasteiger partial charge >= 0.3 is 0 Å². The summed E-state index contributed by atoms with van der Waals surface area (Å²) >= 11 is 0. The minimum Gasteiger partial charge on any atom is -0.399 e. The molecule has 0 atom stereocenters. The van der Waals surface area contributed by atoms with E-state index in [0.29, 0.717) is 0 Å². The molecule has 0 amide bonds. The third-order valence-corrected chi connectivity index (χ3v) is 3.41. The Hall–Kier alpha value is -1.28. The maximum absolute atomic E-state index is 5.80. The van der Waals surface area contributed by atoms with Crippen LogP contribution in [-0.4, -0.2) is 24.5 Å². The first-order valence-electron chi connectivity index (χ1n) is 6.51. The van der Waals surface area contributed by atoms with E-state index in [0.717, 1.165) is 17.7 Å². The summed E-state index contributed by atoms with van der Waals surface area (Å²) < 4.78 is 0. The number of hydrogen-bond acceptors (Lipinski definition) is 2. The zero-order chi connectivity index (χ0) is 12.1. The van der Waals surface area contributed by atoms with Crippen molar-refractivity contribution < 1.29 is 0 Å². The topological polar surface area (TPSA) is 29.3 Å². The molecular weight excluding hydrogens is 208 g/mol. The van der Waals surface area contributed by atoms with Crippen LogP contribution in [0.1, 0.15) is 30.4 Å². The van der Waals surface area contributed by atoms with E-state index in [1.54, 1.807) is 0 Å². The van der Waals surface area contributed by atoms with E-state index in [1.165, 1.54) is 38.0 Å². The Labute approximate surface area is 104 Å². The number of nitrogens with zero attached hydrogens (tertiary/aromatic N) is 1. The summed E-state index contributed by atoms with van der Waals surface area (Å²) in [5.74, 6) is 0. The summed E-state index contributed by atoms with van der Waals surface area (Å²) in [7, 11) is 0. The minimum absolute atomic E-state index is 0.874. The Balaban J connectivity index is 1.80. The lowest BCUT2D eigenvalue weighted by Gasteiger charge is -2.12. The first-order valence-corrected chi connectivity index (χ1v) is 6.51. The second kappa shape index (κ2) is 5.87. The molecule has 1 aromatic rings. The minimum atomic E-state index is 0.874. The lowest BCUT2D eigenvalue weighted by molar-refractivity contribution is 0.346. The number of rotatable bonds is 4. The molecule has 2 heteroatoms. The Morgan fingerprint density at radius 1 is 1.29 bits per heavy atom. The number of nitrogen functional groups attached to an aromatic ring is 1. The summed E-state index contributed by atoms with van der Waals surface area (Å²) in [6, 6.07) is 6.20. The molecule has 1 fully saturated rings. The van der Waals surface area contributed by atoms with Crippen LogP contribution in [0.3, 0.4) is 0 Å². The smallest absolute Gasteiger partial charge is 0.0344 e. The van der Waals surface area contributed by atoms with Gasteiger partial charge in [0.1, 0.15) is 0 Å². The van der Waals surface area contributed by atoms with Crippen LogP contribution in [0.15, 0.2) is 24.3 Å². The van der Waals surface area contributed by atoms with Crippen molar-refractivity contribution in [2.45, 2.75) is 26.2 Å². The van der Waals surface area contributed by atoms with Gasteiger partial charge in [0.2, 0.25) is 0 Å². The fraction of sp³-hybridized carbons (Fsp3) is 0.467. The van der Waals surface area contributed by atoms with E-state index in [-0.39, 0.29) is 0 Å². The van der Waals surface area contributed by atoms with E-state index in [9.17, 15) is 0 Å². The van der Waals surface area contributed by atoms with Gasteiger partial charge in [-0.2, -0.15) is 0 Å². The summed E-state index contributed by atoms with van der Waals surface area (Å²) in [6.45, 7) is 5.82. The summed E-state index contributed by atoms with van der Waals surface area (Å²) in [6.07, 6.45) is 8.36. The molecular formula is C15H22N2. The van der Waals surface area contributed by atoms with E-state index >= 15 is 0 Å². The van der Waals surface area contributed by atoms with Crippen molar-refractivity contribution in [3.8, 4) is 0 Å². The number of aryl methyl sites for hydroxylation is 1. The summed E-state index contributed by atoms with van der Waals surface area (Å²) in [5.41, 5.74) is 9.08. The summed E-state index contributed by atoms with van der Waals surface area (Å²) in [5, 5.41) is 0. The largest absolute Gasteiger partial charge is 0.399 e. The first-order chi connectivity index (χ1) is 8.25. The van der Waals surface area contributed by atoms with Gasteiger partial charge in [0.25, 0.3) is 0 Å². The fourth-order valence-electron chi connectivity index (χ4n) is 2.29. The molecule has 2 N–H and O–H groups in total. The number of benzene rings is 1. The van der Waals surface area contributed by atoms with Crippen LogP contribution in [0.5, 0.6) is 0 Å². The molecule has 0 radical (unpaired) electrons. The second-order valence-electron chi connectivity index (χ2n) is 4.86. The molecule has 0 unspecified atom stereocenters. The van der Waals surface area contributed by atoms with Crippen molar-refractivity contribution in [3.05, 3.63) is 35.4 Å². The van der Waals surface area contributed by atoms with E-state index in [2.05, 4.69) is 36.1 Å². The van der Waals surface area contributed by atoms with Crippen LogP contribution in [0.4, 0.5) is 5.69 Å². The van der Waals surface area contributed by atoms with Crippen LogP contribution in [-0.2, 0) is 0 Å². The van der Waals surface area contributed by atoms with Gasteiger partial charge in [-0.15, -0.1) is 0 Å². The predicted octanol–water partition coefficient (Wildman–Crippen LogP) is 3.08. The highest BCUT2D eigenvalue weighted by atomic mass is 15.1. The molecule has 0 aliphatic carbocycles. The quantitative estimate of drug-likeness (QED) is 0.805. The van der Waals surface area contributed by atoms with E-state index < -0.39 is 0 Å². The molecule has 2 nitrogen and oxygen atoms in total. The van der Waals surface area contributed by atoms with Gasteiger partial charge in [-0.25, -0.2) is 0 Å². The molecule has 2 rings (SSSR count). The molecule has 1 saturated heterocycles. The molecule has 17 heavy (non-hydrogen) atoms. The maximum Gasteiger partial charge on any atom is 0.0344 e. The second-order valence-corrected chi connectivity index (χ2v) is 4.86.